The molecule has 31 heavy (non-hydrogen) atoms. The summed E-state index contributed by atoms with van der Waals surface area (Å²) in [6, 6.07) is -1.82. The molecule has 0 aliphatic carbocycles. The van der Waals surface area contributed by atoms with Crippen molar-refractivity contribution in [1.29, 1.82) is 0 Å². The molecule has 0 spiro atoms. The van der Waals surface area contributed by atoms with Gasteiger partial charge in [0.2, 0.25) is 0 Å². The van der Waals surface area contributed by atoms with Crippen LogP contribution in [0.5, 0.6) is 0 Å². The van der Waals surface area contributed by atoms with Gasteiger partial charge in [-0.05, 0) is 45.2 Å². The number of carbonyl (C=O) groups excluding carboxylic acids is 2. The molecule has 10 nitrogen and oxygen atoms in total. The first-order valence-electron chi connectivity index (χ1n) is 10.4. The molecule has 1 unspecified atom stereocenters. The third kappa shape index (κ3) is 19.4. The zero-order valence-electron chi connectivity index (χ0n) is 17.8. The number of guanidine groups is 1. The van der Waals surface area contributed by atoms with E-state index in [9.17, 15) is 22.8 Å². The number of ether oxygens (including phenoxy) is 1. The van der Waals surface area contributed by atoms with Crippen LogP contribution in [0.25, 0.3) is 0 Å². The Morgan fingerprint density at radius 2 is 1.52 bits per heavy atom. The highest BCUT2D eigenvalue weighted by Crippen LogP contribution is 2.19. The Bertz CT molecular complexity index is 530. The van der Waals surface area contributed by atoms with Crippen LogP contribution in [0.4, 0.5) is 18.0 Å². The van der Waals surface area contributed by atoms with Crippen LogP contribution in [-0.2, 0) is 9.53 Å². The molecule has 1 atom stereocenters. The normalized spacial score (nSPS) is 12.1. The second-order valence-corrected chi connectivity index (χ2v) is 6.97. The van der Waals surface area contributed by atoms with Crippen LogP contribution in [0.2, 0.25) is 0 Å². The minimum Gasteiger partial charge on any atom is -0.439 e. The van der Waals surface area contributed by atoms with E-state index in [-0.39, 0.29) is 31.4 Å². The number of alkyl carbamates (subject to hydrolysis) is 1. The molecule has 0 saturated heterocycles. The average molecular weight is 456 g/mol. The van der Waals surface area contributed by atoms with Gasteiger partial charge in [0.15, 0.2) is 12.6 Å². The highest BCUT2D eigenvalue weighted by Gasteiger charge is 2.35. The summed E-state index contributed by atoms with van der Waals surface area (Å²) in [6.45, 7) is 1.74. The maximum Gasteiger partial charge on any atom is 0.407 e. The highest BCUT2D eigenvalue weighted by atomic mass is 19.4. The van der Waals surface area contributed by atoms with E-state index in [1.54, 1.807) is 0 Å². The summed E-state index contributed by atoms with van der Waals surface area (Å²) >= 11 is 0. The van der Waals surface area contributed by atoms with Crippen molar-refractivity contribution in [2.24, 2.45) is 22.2 Å². The molecule has 2 amide bonds. The number of aliphatic imine (C=N–C) groups is 1. The summed E-state index contributed by atoms with van der Waals surface area (Å²) in [5.74, 6) is -0.297. The Labute approximate surface area is 180 Å². The molecular weight excluding hydrogens is 419 g/mol. The largest absolute Gasteiger partial charge is 0.439 e. The van der Waals surface area contributed by atoms with Gasteiger partial charge >= 0.3 is 12.3 Å². The lowest BCUT2D eigenvalue weighted by molar-refractivity contribution is -0.148. The van der Waals surface area contributed by atoms with Crippen LogP contribution in [0.3, 0.4) is 0 Å². The third-order valence-corrected chi connectivity index (χ3v) is 4.14. The Kier molecular flexibility index (Phi) is 16.1. The number of nitrogens with two attached hydrogens (primary N) is 3. The standard InChI is InChI=1S/C18H36F3N7O3/c19-18(20,21)14(22)7-12-25-8-5-6-11-28-17(30)31-13-15(29)26-9-3-1-2-4-10-27-16(23)24/h14,25H,1-13,22H2,(H,26,29)(H,28,30)(H4,23,24,27). The summed E-state index contributed by atoms with van der Waals surface area (Å²) in [7, 11) is 0. The van der Waals surface area contributed by atoms with Crippen LogP contribution in [0, 0.1) is 0 Å². The van der Waals surface area contributed by atoms with Gasteiger partial charge in [0.1, 0.15) is 6.04 Å². The molecule has 0 aliphatic rings. The maximum atomic E-state index is 12.2. The highest BCUT2D eigenvalue weighted by molar-refractivity contribution is 5.80. The van der Waals surface area contributed by atoms with Crippen molar-refractivity contribution in [1.82, 2.24) is 16.0 Å². The van der Waals surface area contributed by atoms with Crippen LogP contribution < -0.4 is 33.2 Å². The summed E-state index contributed by atoms with van der Waals surface area (Å²) < 4.78 is 41.5. The summed E-state index contributed by atoms with van der Waals surface area (Å²) in [5.41, 5.74) is 15.4. The number of hydrogen-bond donors (Lipinski definition) is 6. The van der Waals surface area contributed by atoms with Gasteiger partial charge in [-0.15, -0.1) is 0 Å². The monoisotopic (exact) mass is 455 g/mol. The van der Waals surface area contributed by atoms with Gasteiger partial charge in [-0.25, -0.2) is 4.79 Å². The van der Waals surface area contributed by atoms with Gasteiger partial charge in [-0.3, -0.25) is 9.79 Å². The van der Waals surface area contributed by atoms with Gasteiger partial charge in [0, 0.05) is 19.6 Å². The summed E-state index contributed by atoms with van der Waals surface area (Å²) in [6.07, 6.45) is -0.439. The van der Waals surface area contributed by atoms with Crippen molar-refractivity contribution in [3.8, 4) is 0 Å². The SMILES string of the molecule is NC(N)=NCCCCCCNC(=O)COC(=O)NCCCCNCCC(N)C(F)(F)F. The fourth-order valence-corrected chi connectivity index (χ4v) is 2.37. The molecule has 0 aromatic rings. The van der Waals surface area contributed by atoms with E-state index < -0.39 is 18.3 Å². The van der Waals surface area contributed by atoms with E-state index >= 15 is 0 Å². The third-order valence-electron chi connectivity index (χ3n) is 4.14. The van der Waals surface area contributed by atoms with Crippen LogP contribution in [0.15, 0.2) is 4.99 Å². The second kappa shape index (κ2) is 17.4. The number of halogens is 3. The zero-order chi connectivity index (χ0) is 23.5. The molecule has 13 heteroatoms. The van der Waals surface area contributed by atoms with Crippen molar-refractivity contribution in [3.63, 3.8) is 0 Å². The molecule has 0 aromatic heterocycles. The number of nitrogens with one attached hydrogen (secondary N) is 3. The van der Waals surface area contributed by atoms with Crippen LogP contribution in [-0.4, -0.2) is 69.5 Å². The van der Waals surface area contributed by atoms with Crippen LogP contribution in [0.1, 0.15) is 44.9 Å². The van der Waals surface area contributed by atoms with E-state index in [4.69, 9.17) is 21.9 Å². The molecule has 9 N–H and O–H groups in total. The Balaban J connectivity index is 3.47. The van der Waals surface area contributed by atoms with E-state index in [2.05, 4.69) is 20.9 Å². The predicted molar refractivity (Wildman–Crippen MR) is 112 cm³/mol. The molecule has 0 bridgehead atoms. The second-order valence-electron chi connectivity index (χ2n) is 6.97. The lowest BCUT2D eigenvalue weighted by atomic mass is 10.2. The zero-order valence-corrected chi connectivity index (χ0v) is 17.8. The predicted octanol–water partition coefficient (Wildman–Crippen LogP) is 0.312. The smallest absolute Gasteiger partial charge is 0.407 e. The Morgan fingerprint density at radius 1 is 0.903 bits per heavy atom. The van der Waals surface area contributed by atoms with Crippen molar-refractivity contribution < 1.29 is 27.5 Å². The lowest BCUT2D eigenvalue weighted by Gasteiger charge is -2.15. The number of amides is 2. The number of nitrogens with zero attached hydrogens (tertiary/aromatic N) is 1. The van der Waals surface area contributed by atoms with Gasteiger partial charge in [-0.1, -0.05) is 12.8 Å². The minimum atomic E-state index is -4.38. The maximum absolute atomic E-state index is 12.2. The molecular formula is C18H36F3N7O3. The van der Waals surface area contributed by atoms with E-state index in [0.29, 0.717) is 39.0 Å². The quantitative estimate of drug-likeness (QED) is 0.104. The lowest BCUT2D eigenvalue weighted by Crippen LogP contribution is -2.39. The summed E-state index contributed by atoms with van der Waals surface area (Å²) in [4.78, 5) is 27.0. The Hall–Kier alpha value is -2.28. The Morgan fingerprint density at radius 3 is 2.19 bits per heavy atom. The number of alkyl halides is 3. The van der Waals surface area contributed by atoms with Crippen molar-refractivity contribution in [3.05, 3.63) is 0 Å². The molecule has 0 radical (unpaired) electrons. The number of carbonyl (C=O) groups is 2. The first kappa shape index (κ1) is 28.7. The molecule has 0 aliphatic heterocycles. The fourth-order valence-electron chi connectivity index (χ4n) is 2.37. The van der Waals surface area contributed by atoms with Crippen molar-refractivity contribution >= 4 is 18.0 Å². The number of unbranched alkanes of at least 4 members (excludes halogenated alkanes) is 4. The average Bonchev–Trinajstić information content (AvgIpc) is 2.69. The van der Waals surface area contributed by atoms with E-state index in [1.807, 2.05) is 0 Å². The van der Waals surface area contributed by atoms with Gasteiger partial charge < -0.3 is 37.9 Å². The molecule has 0 aromatic carbocycles. The molecule has 0 rings (SSSR count). The number of rotatable bonds is 17. The van der Waals surface area contributed by atoms with Gasteiger partial charge in [0.05, 0.1) is 0 Å². The molecule has 0 fully saturated rings. The van der Waals surface area contributed by atoms with Gasteiger partial charge in [0.25, 0.3) is 5.91 Å². The molecule has 0 saturated carbocycles. The minimum absolute atomic E-state index is 0.0808. The van der Waals surface area contributed by atoms with E-state index in [1.165, 1.54) is 0 Å². The van der Waals surface area contributed by atoms with Crippen molar-refractivity contribution in [2.75, 3.05) is 39.3 Å². The first-order valence-corrected chi connectivity index (χ1v) is 10.4. The summed E-state index contributed by atoms with van der Waals surface area (Å²) in [5, 5.41) is 8.03. The first-order chi connectivity index (χ1) is 14.6. The fraction of sp³-hybridized carbons (Fsp3) is 0.833. The molecule has 182 valence electrons. The van der Waals surface area contributed by atoms with Crippen molar-refractivity contribution in [2.45, 2.75) is 57.2 Å². The number of hydrogen-bond acceptors (Lipinski definition) is 6. The topological polar surface area (TPSA) is 170 Å². The molecule has 0 heterocycles. The van der Waals surface area contributed by atoms with Gasteiger partial charge in [-0.2, -0.15) is 13.2 Å². The van der Waals surface area contributed by atoms with E-state index in [0.717, 1.165) is 25.7 Å². The van der Waals surface area contributed by atoms with Crippen LogP contribution >= 0.6 is 0 Å².